The van der Waals surface area contributed by atoms with Gasteiger partial charge in [0.1, 0.15) is 11.9 Å². The van der Waals surface area contributed by atoms with Crippen molar-refractivity contribution in [1.82, 2.24) is 4.90 Å². The fraction of sp³-hybridized carbons (Fsp3) is 0.375. The van der Waals surface area contributed by atoms with E-state index in [9.17, 15) is 5.11 Å². The van der Waals surface area contributed by atoms with Crippen LogP contribution in [0.4, 0.5) is 5.69 Å². The highest BCUT2D eigenvalue weighted by atomic mass is 16.4. The molecule has 0 bridgehead atoms. The number of hydrogen-bond donors (Lipinski definition) is 1. The fourth-order valence-electron chi connectivity index (χ4n) is 2.64. The van der Waals surface area contributed by atoms with Crippen LogP contribution in [-0.2, 0) is 0 Å². The van der Waals surface area contributed by atoms with Gasteiger partial charge >= 0.3 is 0 Å². The molecule has 0 amide bonds. The van der Waals surface area contributed by atoms with Gasteiger partial charge in [-0.2, -0.15) is 0 Å². The highest BCUT2D eigenvalue weighted by Gasteiger charge is 2.20. The molecule has 0 spiro atoms. The lowest BCUT2D eigenvalue weighted by atomic mass is 10.2. The third-order valence-corrected chi connectivity index (χ3v) is 3.80. The minimum atomic E-state index is -0.534. The highest BCUT2D eigenvalue weighted by Crippen LogP contribution is 2.18. The van der Waals surface area contributed by atoms with Crippen LogP contribution >= 0.6 is 0 Å². The second-order valence-corrected chi connectivity index (χ2v) is 5.15. The van der Waals surface area contributed by atoms with E-state index >= 15 is 0 Å². The van der Waals surface area contributed by atoms with Crippen LogP contribution in [0.2, 0.25) is 0 Å². The van der Waals surface area contributed by atoms with E-state index in [1.54, 1.807) is 6.26 Å². The van der Waals surface area contributed by atoms with E-state index in [0.717, 1.165) is 26.2 Å². The van der Waals surface area contributed by atoms with Gasteiger partial charge in [0.15, 0.2) is 0 Å². The Morgan fingerprint density at radius 1 is 1.00 bits per heavy atom. The topological polar surface area (TPSA) is 39.9 Å². The van der Waals surface area contributed by atoms with Gasteiger partial charge < -0.3 is 14.4 Å². The summed E-state index contributed by atoms with van der Waals surface area (Å²) in [5.41, 5.74) is 1.28. The Morgan fingerprint density at radius 3 is 2.40 bits per heavy atom. The first-order valence-corrected chi connectivity index (χ1v) is 7.07. The summed E-state index contributed by atoms with van der Waals surface area (Å²) in [6, 6.07) is 14.1. The van der Waals surface area contributed by atoms with Crippen molar-refractivity contribution in [3.63, 3.8) is 0 Å². The summed E-state index contributed by atoms with van der Waals surface area (Å²) in [7, 11) is 0. The Bertz CT molecular complexity index is 505. The van der Waals surface area contributed by atoms with Crippen molar-refractivity contribution in [1.29, 1.82) is 0 Å². The van der Waals surface area contributed by atoms with Crippen LogP contribution in [0.5, 0.6) is 0 Å². The van der Waals surface area contributed by atoms with Crippen molar-refractivity contribution < 1.29 is 9.52 Å². The number of β-amino-alcohol motifs (C(OH)–C–C–N with tert-alkyl or cyclic N) is 1. The molecule has 2 aromatic rings. The molecule has 20 heavy (non-hydrogen) atoms. The molecular weight excluding hydrogens is 252 g/mol. The van der Waals surface area contributed by atoms with Crippen LogP contribution in [0.15, 0.2) is 53.1 Å². The highest BCUT2D eigenvalue weighted by molar-refractivity contribution is 5.46. The molecule has 4 heteroatoms. The van der Waals surface area contributed by atoms with Gasteiger partial charge in [0.2, 0.25) is 0 Å². The van der Waals surface area contributed by atoms with Gasteiger partial charge in [-0.1, -0.05) is 18.2 Å². The fourth-order valence-corrected chi connectivity index (χ4v) is 2.64. The maximum atomic E-state index is 10.1. The maximum absolute atomic E-state index is 10.1. The lowest BCUT2D eigenvalue weighted by molar-refractivity contribution is 0.0916. The smallest absolute Gasteiger partial charge is 0.133 e. The Morgan fingerprint density at radius 2 is 1.75 bits per heavy atom. The maximum Gasteiger partial charge on any atom is 0.133 e. The minimum Gasteiger partial charge on any atom is -0.467 e. The Labute approximate surface area is 119 Å². The molecule has 1 unspecified atom stereocenters. The predicted molar refractivity (Wildman–Crippen MR) is 78.8 cm³/mol. The van der Waals surface area contributed by atoms with E-state index in [1.165, 1.54) is 5.69 Å². The van der Waals surface area contributed by atoms with Gasteiger partial charge in [-0.15, -0.1) is 0 Å². The monoisotopic (exact) mass is 272 g/mol. The van der Waals surface area contributed by atoms with Crippen molar-refractivity contribution in [2.75, 3.05) is 37.6 Å². The number of furan rings is 1. The first-order valence-electron chi connectivity index (χ1n) is 7.07. The largest absolute Gasteiger partial charge is 0.467 e. The number of hydrogen-bond acceptors (Lipinski definition) is 4. The number of rotatable bonds is 4. The number of nitrogens with zero attached hydrogens (tertiary/aromatic N) is 2. The number of aliphatic hydroxyl groups is 1. The number of aliphatic hydroxyl groups excluding tert-OH is 1. The predicted octanol–water partition coefficient (Wildman–Crippen LogP) is 2.14. The standard InChI is InChI=1S/C16H20N2O2/c19-15(16-7-4-12-20-16)13-17-8-10-18(11-9-17)14-5-2-1-3-6-14/h1-7,12,15,19H,8-11,13H2. The molecule has 1 aliphatic heterocycles. The molecule has 2 heterocycles. The number of anilines is 1. The Hall–Kier alpha value is -1.78. The van der Waals surface area contributed by atoms with Gasteiger partial charge in [0.05, 0.1) is 6.26 Å². The molecule has 1 N–H and O–H groups in total. The van der Waals surface area contributed by atoms with E-state index in [1.807, 2.05) is 18.2 Å². The van der Waals surface area contributed by atoms with Gasteiger partial charge in [-0.3, -0.25) is 4.90 Å². The molecule has 0 aliphatic carbocycles. The summed E-state index contributed by atoms with van der Waals surface area (Å²) in [5, 5.41) is 10.1. The van der Waals surface area contributed by atoms with Crippen LogP contribution in [0, 0.1) is 0 Å². The molecule has 3 rings (SSSR count). The summed E-state index contributed by atoms with van der Waals surface area (Å²) in [5.74, 6) is 0.649. The van der Waals surface area contributed by atoms with E-state index in [-0.39, 0.29) is 0 Å². The summed E-state index contributed by atoms with van der Waals surface area (Å²) < 4.78 is 5.24. The van der Waals surface area contributed by atoms with Crippen LogP contribution < -0.4 is 4.90 Å². The molecular formula is C16H20N2O2. The van der Waals surface area contributed by atoms with Gasteiger partial charge in [-0.05, 0) is 24.3 Å². The second kappa shape index (κ2) is 6.11. The van der Waals surface area contributed by atoms with Crippen molar-refractivity contribution in [2.45, 2.75) is 6.10 Å². The van der Waals surface area contributed by atoms with Crippen LogP contribution in [0.1, 0.15) is 11.9 Å². The summed E-state index contributed by atoms with van der Waals surface area (Å²) in [6.07, 6.45) is 1.07. The van der Waals surface area contributed by atoms with Crippen molar-refractivity contribution in [3.8, 4) is 0 Å². The normalized spacial score (nSPS) is 18.1. The Kier molecular flexibility index (Phi) is 4.04. The zero-order chi connectivity index (χ0) is 13.8. The average Bonchev–Trinajstić information content (AvgIpc) is 3.03. The number of benzene rings is 1. The van der Waals surface area contributed by atoms with E-state index in [4.69, 9.17) is 4.42 Å². The quantitative estimate of drug-likeness (QED) is 0.925. The number of para-hydroxylation sites is 1. The third kappa shape index (κ3) is 3.03. The molecule has 1 atom stereocenters. The molecule has 1 aromatic carbocycles. The SMILES string of the molecule is OC(CN1CCN(c2ccccc2)CC1)c1ccco1. The van der Waals surface area contributed by atoms with Crippen LogP contribution in [-0.4, -0.2) is 42.7 Å². The Balaban J connectivity index is 1.51. The third-order valence-electron chi connectivity index (χ3n) is 3.80. The van der Waals surface area contributed by atoms with E-state index in [0.29, 0.717) is 12.3 Å². The second-order valence-electron chi connectivity index (χ2n) is 5.15. The lowest BCUT2D eigenvalue weighted by Crippen LogP contribution is -2.47. The zero-order valence-corrected chi connectivity index (χ0v) is 11.5. The van der Waals surface area contributed by atoms with Gasteiger partial charge in [0, 0.05) is 38.4 Å². The van der Waals surface area contributed by atoms with Crippen molar-refractivity contribution in [3.05, 3.63) is 54.5 Å². The van der Waals surface area contributed by atoms with Crippen molar-refractivity contribution >= 4 is 5.69 Å². The number of piperazine rings is 1. The molecule has 1 aromatic heterocycles. The molecule has 0 saturated carbocycles. The lowest BCUT2D eigenvalue weighted by Gasteiger charge is -2.36. The molecule has 1 aliphatic rings. The summed E-state index contributed by atoms with van der Waals surface area (Å²) in [6.45, 7) is 4.55. The van der Waals surface area contributed by atoms with Crippen LogP contribution in [0.3, 0.4) is 0 Å². The van der Waals surface area contributed by atoms with Crippen LogP contribution in [0.25, 0.3) is 0 Å². The molecule has 106 valence electrons. The zero-order valence-electron chi connectivity index (χ0n) is 11.5. The average molecular weight is 272 g/mol. The molecule has 1 fully saturated rings. The van der Waals surface area contributed by atoms with E-state index in [2.05, 4.69) is 34.1 Å². The minimum absolute atomic E-state index is 0.534. The molecule has 4 nitrogen and oxygen atoms in total. The molecule has 0 radical (unpaired) electrons. The molecule has 1 saturated heterocycles. The van der Waals surface area contributed by atoms with Crippen molar-refractivity contribution in [2.24, 2.45) is 0 Å². The first-order chi connectivity index (χ1) is 9.83. The summed E-state index contributed by atoms with van der Waals surface area (Å²) in [4.78, 5) is 4.67. The van der Waals surface area contributed by atoms with E-state index < -0.39 is 6.10 Å². The van der Waals surface area contributed by atoms with Gasteiger partial charge in [0.25, 0.3) is 0 Å². The first kappa shape index (κ1) is 13.2. The summed E-state index contributed by atoms with van der Waals surface area (Å²) >= 11 is 0. The van der Waals surface area contributed by atoms with Gasteiger partial charge in [-0.25, -0.2) is 0 Å².